The van der Waals surface area contributed by atoms with Gasteiger partial charge in [-0.2, -0.15) is 5.26 Å². The fraction of sp³-hybridized carbons (Fsp3) is 0.0714. The molecule has 0 aliphatic carbocycles. The maximum absolute atomic E-state index is 13.1. The third-order valence-electron chi connectivity index (χ3n) is 3.23. The molecule has 1 aliphatic rings. The molecular formula is C14H9FN4O2. The van der Waals surface area contributed by atoms with Crippen molar-refractivity contribution in [1.29, 1.82) is 5.26 Å². The number of fused-ring (bicyclic) bond motifs is 1. The Morgan fingerprint density at radius 3 is 2.76 bits per heavy atom. The van der Waals surface area contributed by atoms with E-state index in [0.29, 0.717) is 5.56 Å². The number of ether oxygens (including phenoxy) is 1. The quantitative estimate of drug-likeness (QED) is 0.816. The van der Waals surface area contributed by atoms with Crippen molar-refractivity contribution in [2.24, 2.45) is 5.73 Å². The lowest BCUT2D eigenvalue weighted by molar-refractivity contribution is 0.375. The van der Waals surface area contributed by atoms with Crippen molar-refractivity contribution in [2.75, 3.05) is 0 Å². The number of nitrogens with one attached hydrogen (secondary N) is 1. The summed E-state index contributed by atoms with van der Waals surface area (Å²) in [7, 11) is 0. The highest BCUT2D eigenvalue weighted by atomic mass is 19.1. The van der Waals surface area contributed by atoms with Crippen LogP contribution in [0.3, 0.4) is 0 Å². The Kier molecular flexibility index (Phi) is 2.92. The van der Waals surface area contributed by atoms with Gasteiger partial charge in [0.25, 0.3) is 5.56 Å². The molecular weight excluding hydrogens is 275 g/mol. The summed E-state index contributed by atoms with van der Waals surface area (Å²) in [6.07, 6.45) is 1.19. The maximum atomic E-state index is 13.1. The van der Waals surface area contributed by atoms with Gasteiger partial charge in [-0.25, -0.2) is 9.37 Å². The molecule has 1 aliphatic heterocycles. The van der Waals surface area contributed by atoms with Crippen molar-refractivity contribution in [3.63, 3.8) is 0 Å². The predicted molar refractivity (Wildman–Crippen MR) is 70.6 cm³/mol. The summed E-state index contributed by atoms with van der Waals surface area (Å²) in [5.41, 5.74) is 6.11. The molecule has 6 nitrogen and oxygen atoms in total. The molecule has 1 atom stereocenters. The lowest BCUT2D eigenvalue weighted by atomic mass is 9.85. The normalized spacial score (nSPS) is 16.9. The first-order valence-electron chi connectivity index (χ1n) is 6.02. The van der Waals surface area contributed by atoms with Crippen LogP contribution in [0.1, 0.15) is 17.0 Å². The van der Waals surface area contributed by atoms with E-state index >= 15 is 0 Å². The largest absolute Gasteiger partial charge is 0.422 e. The Morgan fingerprint density at radius 2 is 2.10 bits per heavy atom. The summed E-state index contributed by atoms with van der Waals surface area (Å²) in [5.74, 6) is -1.22. The van der Waals surface area contributed by atoms with Gasteiger partial charge in [-0.05, 0) is 17.7 Å². The first kappa shape index (κ1) is 12.9. The number of aromatic amines is 1. The molecule has 1 aromatic heterocycles. The van der Waals surface area contributed by atoms with E-state index in [0.717, 1.165) is 0 Å². The molecule has 104 valence electrons. The van der Waals surface area contributed by atoms with Gasteiger partial charge >= 0.3 is 0 Å². The lowest BCUT2D eigenvalue weighted by Crippen LogP contribution is -2.28. The number of allylic oxidation sites excluding steroid dienone is 1. The molecule has 0 saturated heterocycles. The lowest BCUT2D eigenvalue weighted by Gasteiger charge is -2.24. The zero-order chi connectivity index (χ0) is 15.0. The van der Waals surface area contributed by atoms with Gasteiger partial charge in [0, 0.05) is 0 Å². The van der Waals surface area contributed by atoms with Gasteiger partial charge in [-0.15, -0.1) is 0 Å². The van der Waals surface area contributed by atoms with Crippen LogP contribution < -0.4 is 16.0 Å². The summed E-state index contributed by atoms with van der Waals surface area (Å²) < 4.78 is 18.3. The minimum absolute atomic E-state index is 0.0459. The van der Waals surface area contributed by atoms with Crippen LogP contribution in [-0.2, 0) is 0 Å². The van der Waals surface area contributed by atoms with Crippen LogP contribution in [0.5, 0.6) is 5.88 Å². The summed E-state index contributed by atoms with van der Waals surface area (Å²) >= 11 is 0. The minimum Gasteiger partial charge on any atom is -0.422 e. The van der Waals surface area contributed by atoms with Gasteiger partial charge in [-0.1, -0.05) is 12.1 Å². The highest BCUT2D eigenvalue weighted by Gasteiger charge is 2.33. The molecule has 0 amide bonds. The SMILES string of the molecule is N#CC1=C(N)Oc2nc[nH]c(=O)c2[C@@H]1c1ccc(F)cc1. The van der Waals surface area contributed by atoms with Crippen molar-refractivity contribution in [3.8, 4) is 11.9 Å². The molecule has 1 aromatic carbocycles. The molecule has 7 heteroatoms. The van der Waals surface area contributed by atoms with Crippen LogP contribution in [0.25, 0.3) is 0 Å². The Bertz CT molecular complexity index is 833. The molecule has 0 spiro atoms. The number of halogens is 1. The maximum Gasteiger partial charge on any atom is 0.258 e. The number of aromatic nitrogens is 2. The number of nitrogens with two attached hydrogens (primary N) is 1. The van der Waals surface area contributed by atoms with Gasteiger partial charge in [0.1, 0.15) is 17.5 Å². The van der Waals surface area contributed by atoms with E-state index in [1.54, 1.807) is 0 Å². The van der Waals surface area contributed by atoms with Crippen molar-refractivity contribution in [1.82, 2.24) is 9.97 Å². The first-order valence-corrected chi connectivity index (χ1v) is 6.02. The second-order valence-corrected chi connectivity index (χ2v) is 4.43. The highest BCUT2D eigenvalue weighted by Crippen LogP contribution is 2.38. The number of benzene rings is 1. The van der Waals surface area contributed by atoms with E-state index in [9.17, 15) is 14.4 Å². The minimum atomic E-state index is -0.739. The molecule has 0 unspecified atom stereocenters. The zero-order valence-electron chi connectivity index (χ0n) is 10.6. The zero-order valence-corrected chi connectivity index (χ0v) is 10.6. The fourth-order valence-corrected chi connectivity index (χ4v) is 2.28. The average molecular weight is 284 g/mol. The Labute approximate surface area is 118 Å². The molecule has 0 bridgehead atoms. The molecule has 0 fully saturated rings. The predicted octanol–water partition coefficient (Wildman–Crippen LogP) is 1.13. The summed E-state index contributed by atoms with van der Waals surface area (Å²) in [6.45, 7) is 0. The fourth-order valence-electron chi connectivity index (χ4n) is 2.28. The van der Waals surface area contributed by atoms with Crippen molar-refractivity contribution in [2.45, 2.75) is 5.92 Å². The van der Waals surface area contributed by atoms with Crippen molar-refractivity contribution < 1.29 is 9.13 Å². The number of nitrogens with zero attached hydrogens (tertiary/aromatic N) is 2. The number of hydrogen-bond acceptors (Lipinski definition) is 5. The van der Waals surface area contributed by atoms with Gasteiger partial charge in [-0.3, -0.25) is 4.79 Å². The summed E-state index contributed by atoms with van der Waals surface area (Å²) in [4.78, 5) is 18.4. The van der Waals surface area contributed by atoms with E-state index in [2.05, 4.69) is 9.97 Å². The van der Waals surface area contributed by atoms with Crippen LogP contribution in [0, 0.1) is 17.1 Å². The number of H-pyrrole nitrogens is 1. The molecule has 2 heterocycles. The van der Waals surface area contributed by atoms with Crippen LogP contribution in [0.15, 0.2) is 46.8 Å². The molecule has 3 N–H and O–H groups in total. The average Bonchev–Trinajstić information content (AvgIpc) is 2.47. The van der Waals surface area contributed by atoms with E-state index < -0.39 is 17.3 Å². The summed E-state index contributed by atoms with van der Waals surface area (Å²) in [6, 6.07) is 7.43. The smallest absolute Gasteiger partial charge is 0.258 e. The van der Waals surface area contributed by atoms with Crippen LogP contribution in [0.4, 0.5) is 4.39 Å². The third kappa shape index (κ3) is 2.03. The van der Waals surface area contributed by atoms with E-state index in [1.807, 2.05) is 6.07 Å². The Hall–Kier alpha value is -3.14. The first-order chi connectivity index (χ1) is 10.1. The second kappa shape index (κ2) is 4.76. The monoisotopic (exact) mass is 284 g/mol. The molecule has 0 saturated carbocycles. The van der Waals surface area contributed by atoms with Gasteiger partial charge in [0.05, 0.1) is 17.8 Å². The van der Waals surface area contributed by atoms with Crippen LogP contribution in [0.2, 0.25) is 0 Å². The van der Waals surface area contributed by atoms with Crippen LogP contribution in [-0.4, -0.2) is 9.97 Å². The number of hydrogen-bond donors (Lipinski definition) is 2. The molecule has 3 rings (SSSR count). The second-order valence-electron chi connectivity index (χ2n) is 4.43. The van der Waals surface area contributed by atoms with Crippen molar-refractivity contribution >= 4 is 0 Å². The Morgan fingerprint density at radius 1 is 1.38 bits per heavy atom. The van der Waals surface area contributed by atoms with Crippen LogP contribution >= 0.6 is 0 Å². The van der Waals surface area contributed by atoms with Gasteiger partial charge in [0.15, 0.2) is 0 Å². The number of rotatable bonds is 1. The molecule has 0 radical (unpaired) electrons. The highest BCUT2D eigenvalue weighted by molar-refractivity contribution is 5.52. The molecule has 2 aromatic rings. The van der Waals surface area contributed by atoms with Crippen molar-refractivity contribution in [3.05, 3.63) is 69.3 Å². The molecule has 21 heavy (non-hydrogen) atoms. The van der Waals surface area contributed by atoms with E-state index in [4.69, 9.17) is 10.5 Å². The van der Waals surface area contributed by atoms with E-state index in [1.165, 1.54) is 30.6 Å². The topological polar surface area (TPSA) is 105 Å². The van der Waals surface area contributed by atoms with E-state index in [-0.39, 0.29) is 22.9 Å². The van der Waals surface area contributed by atoms with Gasteiger partial charge < -0.3 is 15.5 Å². The van der Waals surface area contributed by atoms with Gasteiger partial charge in [0.2, 0.25) is 11.8 Å². The summed E-state index contributed by atoms with van der Waals surface area (Å²) in [5, 5.41) is 9.29. The number of nitriles is 1. The Balaban J connectivity index is 2.28. The third-order valence-corrected chi connectivity index (χ3v) is 3.23. The standard InChI is InChI=1S/C14H9FN4O2/c15-8-3-1-7(2-4-8)10-9(5-16)12(17)21-14-11(10)13(20)18-6-19-14/h1-4,6,10H,17H2,(H,18,19,20)/t10-/m1/s1.